The van der Waals surface area contributed by atoms with E-state index < -0.39 is 4.92 Å². The van der Waals surface area contributed by atoms with Gasteiger partial charge in [-0.2, -0.15) is 5.26 Å². The Labute approximate surface area is 129 Å². The van der Waals surface area contributed by atoms with E-state index in [4.69, 9.17) is 5.26 Å². The summed E-state index contributed by atoms with van der Waals surface area (Å²) < 4.78 is 0.589. The summed E-state index contributed by atoms with van der Waals surface area (Å²) in [5.74, 6) is 0. The van der Waals surface area contributed by atoms with Crippen molar-refractivity contribution in [2.45, 2.75) is 0 Å². The molecular weight excluding hydrogens is 369 g/mol. The van der Waals surface area contributed by atoms with Gasteiger partial charge < -0.3 is 4.90 Å². The lowest BCUT2D eigenvalue weighted by atomic mass is 10.2. The Kier molecular flexibility index (Phi) is 4.20. The van der Waals surface area contributed by atoms with Crippen molar-refractivity contribution < 1.29 is 4.92 Å². The number of anilines is 2. The van der Waals surface area contributed by atoms with Crippen molar-refractivity contribution in [2.24, 2.45) is 0 Å². The highest BCUT2D eigenvalue weighted by molar-refractivity contribution is 14.1. The van der Waals surface area contributed by atoms with Crippen LogP contribution in [0, 0.1) is 25.0 Å². The lowest BCUT2D eigenvalue weighted by molar-refractivity contribution is -0.385. The molecule has 6 heteroatoms. The third-order valence-corrected chi connectivity index (χ3v) is 3.76. The fourth-order valence-electron chi connectivity index (χ4n) is 1.76. The number of nitriles is 1. The first-order chi connectivity index (χ1) is 9.52. The van der Waals surface area contributed by atoms with Crippen LogP contribution in [0.25, 0.3) is 0 Å². The highest BCUT2D eigenvalue weighted by Crippen LogP contribution is 2.29. The molecule has 0 heterocycles. The Hall–Kier alpha value is -2.14. The second kappa shape index (κ2) is 5.88. The van der Waals surface area contributed by atoms with Gasteiger partial charge in [0.05, 0.1) is 20.1 Å². The molecule has 20 heavy (non-hydrogen) atoms. The molecule has 100 valence electrons. The van der Waals surface area contributed by atoms with Crippen molar-refractivity contribution in [3.8, 4) is 6.07 Å². The van der Waals surface area contributed by atoms with Gasteiger partial charge in [-0.05, 0) is 59.0 Å². The fourth-order valence-corrected chi connectivity index (χ4v) is 2.46. The number of nitrogens with zero attached hydrogens (tertiary/aromatic N) is 3. The maximum Gasteiger partial charge on any atom is 0.282 e. The summed E-state index contributed by atoms with van der Waals surface area (Å²) in [5, 5.41) is 19.6. The summed E-state index contributed by atoms with van der Waals surface area (Å²) in [7, 11) is 1.87. The number of hydrogen-bond acceptors (Lipinski definition) is 4. The lowest BCUT2D eigenvalue weighted by Crippen LogP contribution is -2.09. The van der Waals surface area contributed by atoms with Gasteiger partial charge in [0.25, 0.3) is 5.69 Å². The summed E-state index contributed by atoms with van der Waals surface area (Å²) in [6.45, 7) is 0. The second-order valence-electron chi connectivity index (χ2n) is 4.11. The molecule has 0 aliphatic heterocycles. The maximum absolute atomic E-state index is 10.8. The number of rotatable bonds is 3. The van der Waals surface area contributed by atoms with Crippen LogP contribution in [0.2, 0.25) is 0 Å². The summed E-state index contributed by atoms with van der Waals surface area (Å²) in [6, 6.07) is 14.2. The van der Waals surface area contributed by atoms with E-state index in [1.165, 1.54) is 6.07 Å². The Morgan fingerprint density at radius 1 is 1.20 bits per heavy atom. The predicted octanol–water partition coefficient (Wildman–Crippen LogP) is 3.84. The molecule has 2 aromatic rings. The van der Waals surface area contributed by atoms with Crippen molar-refractivity contribution >= 4 is 39.7 Å². The van der Waals surface area contributed by atoms with E-state index in [2.05, 4.69) is 6.07 Å². The summed E-state index contributed by atoms with van der Waals surface area (Å²) in [5.41, 5.74) is 2.46. The van der Waals surface area contributed by atoms with Crippen LogP contribution in [-0.4, -0.2) is 12.0 Å². The smallest absolute Gasteiger partial charge is 0.282 e. The third kappa shape index (κ3) is 2.88. The molecule has 0 radical (unpaired) electrons. The lowest BCUT2D eigenvalue weighted by Gasteiger charge is -2.19. The zero-order chi connectivity index (χ0) is 14.7. The minimum atomic E-state index is -0.396. The molecular formula is C14H10IN3O2. The van der Waals surface area contributed by atoms with E-state index in [0.29, 0.717) is 9.13 Å². The highest BCUT2D eigenvalue weighted by Gasteiger charge is 2.13. The number of nitro benzene ring substituents is 1. The minimum Gasteiger partial charge on any atom is -0.345 e. The number of benzene rings is 2. The van der Waals surface area contributed by atoms with E-state index in [-0.39, 0.29) is 5.69 Å². The molecule has 0 aromatic heterocycles. The molecule has 0 bridgehead atoms. The maximum atomic E-state index is 10.8. The van der Waals surface area contributed by atoms with Gasteiger partial charge in [0, 0.05) is 24.5 Å². The Morgan fingerprint density at radius 2 is 1.80 bits per heavy atom. The molecule has 2 rings (SSSR count). The average Bonchev–Trinajstić information content (AvgIpc) is 2.46. The van der Waals surface area contributed by atoms with Crippen LogP contribution in [-0.2, 0) is 0 Å². The second-order valence-corrected chi connectivity index (χ2v) is 5.27. The molecule has 2 aromatic carbocycles. The van der Waals surface area contributed by atoms with Crippen LogP contribution in [0.5, 0.6) is 0 Å². The number of halogens is 1. The molecule has 0 saturated carbocycles. The van der Waals surface area contributed by atoms with Gasteiger partial charge in [-0.25, -0.2) is 0 Å². The molecule has 0 spiro atoms. The van der Waals surface area contributed by atoms with Crippen LogP contribution in [0.3, 0.4) is 0 Å². The molecule has 0 fully saturated rings. The summed E-state index contributed by atoms with van der Waals surface area (Å²) >= 11 is 1.95. The quantitative estimate of drug-likeness (QED) is 0.462. The molecule has 0 amide bonds. The molecule has 0 unspecified atom stereocenters. The van der Waals surface area contributed by atoms with E-state index in [1.807, 2.05) is 46.7 Å². The Bertz CT molecular complexity index is 693. The van der Waals surface area contributed by atoms with Crippen LogP contribution >= 0.6 is 22.6 Å². The van der Waals surface area contributed by atoms with Gasteiger partial charge >= 0.3 is 0 Å². The average molecular weight is 379 g/mol. The van der Waals surface area contributed by atoms with Crippen molar-refractivity contribution in [2.75, 3.05) is 11.9 Å². The number of hydrogen-bond donors (Lipinski definition) is 0. The normalized spacial score (nSPS) is 9.85. The summed E-state index contributed by atoms with van der Waals surface area (Å²) in [6.07, 6.45) is 0. The molecule has 0 aliphatic carbocycles. The standard InChI is InChI=1S/C14H10IN3O2/c1-17(11-4-2-10(9-16)3-5-11)12-6-7-14(18(19)20)13(15)8-12/h2-8H,1H3. The van der Waals surface area contributed by atoms with Crippen molar-refractivity contribution in [3.05, 3.63) is 61.7 Å². The van der Waals surface area contributed by atoms with Crippen LogP contribution < -0.4 is 4.90 Å². The summed E-state index contributed by atoms with van der Waals surface area (Å²) in [4.78, 5) is 12.3. The largest absolute Gasteiger partial charge is 0.345 e. The van der Waals surface area contributed by atoms with Crippen molar-refractivity contribution in [1.82, 2.24) is 0 Å². The van der Waals surface area contributed by atoms with Gasteiger partial charge in [0.1, 0.15) is 0 Å². The zero-order valence-corrected chi connectivity index (χ0v) is 12.7. The van der Waals surface area contributed by atoms with E-state index in [1.54, 1.807) is 24.3 Å². The highest BCUT2D eigenvalue weighted by atomic mass is 127. The van der Waals surface area contributed by atoms with Gasteiger partial charge in [-0.3, -0.25) is 10.1 Å². The molecule has 5 nitrogen and oxygen atoms in total. The Balaban J connectivity index is 2.33. The van der Waals surface area contributed by atoms with E-state index >= 15 is 0 Å². The van der Waals surface area contributed by atoms with Gasteiger partial charge in [0.15, 0.2) is 0 Å². The van der Waals surface area contributed by atoms with Crippen LogP contribution in [0.1, 0.15) is 5.56 Å². The molecule has 0 N–H and O–H groups in total. The third-order valence-electron chi connectivity index (χ3n) is 2.90. The zero-order valence-electron chi connectivity index (χ0n) is 10.6. The Morgan fingerprint density at radius 3 is 2.30 bits per heavy atom. The predicted molar refractivity (Wildman–Crippen MR) is 85.0 cm³/mol. The van der Waals surface area contributed by atoms with Crippen LogP contribution in [0.15, 0.2) is 42.5 Å². The SMILES string of the molecule is CN(c1ccc(C#N)cc1)c1ccc([N+](=O)[O-])c(I)c1. The molecule has 0 aliphatic rings. The monoisotopic (exact) mass is 379 g/mol. The molecule has 0 saturated heterocycles. The van der Waals surface area contributed by atoms with E-state index in [9.17, 15) is 10.1 Å². The first-order valence-corrected chi connectivity index (χ1v) is 6.78. The van der Waals surface area contributed by atoms with Gasteiger partial charge in [-0.15, -0.1) is 0 Å². The van der Waals surface area contributed by atoms with Crippen LogP contribution in [0.4, 0.5) is 17.1 Å². The first kappa shape index (κ1) is 14.3. The topological polar surface area (TPSA) is 70.2 Å². The fraction of sp³-hybridized carbons (Fsp3) is 0.0714. The number of nitro groups is 1. The van der Waals surface area contributed by atoms with Gasteiger partial charge in [0.2, 0.25) is 0 Å². The van der Waals surface area contributed by atoms with E-state index in [0.717, 1.165) is 11.4 Å². The first-order valence-electron chi connectivity index (χ1n) is 5.71. The van der Waals surface area contributed by atoms with Gasteiger partial charge in [-0.1, -0.05) is 0 Å². The minimum absolute atomic E-state index is 0.0996. The van der Waals surface area contributed by atoms with Crippen molar-refractivity contribution in [1.29, 1.82) is 5.26 Å². The molecule has 0 atom stereocenters. The van der Waals surface area contributed by atoms with Crippen molar-refractivity contribution in [3.63, 3.8) is 0 Å².